The summed E-state index contributed by atoms with van der Waals surface area (Å²) in [6.45, 7) is 1.56. The minimum atomic E-state index is 0.669. The van der Waals surface area contributed by atoms with Crippen LogP contribution < -0.4 is 5.32 Å². The first kappa shape index (κ1) is 11.9. The highest BCUT2D eigenvalue weighted by molar-refractivity contribution is 7.09. The Morgan fingerprint density at radius 2 is 1.88 bits per heavy atom. The van der Waals surface area contributed by atoms with Crippen LogP contribution in [0.3, 0.4) is 0 Å². The second-order valence-corrected chi connectivity index (χ2v) is 5.19. The molecule has 0 aliphatic heterocycles. The van der Waals surface area contributed by atoms with Crippen LogP contribution in [0.5, 0.6) is 0 Å². The van der Waals surface area contributed by atoms with E-state index >= 15 is 0 Å². The number of thiazole rings is 1. The van der Waals surface area contributed by atoms with Crippen LogP contribution in [0.25, 0.3) is 0 Å². The van der Waals surface area contributed by atoms with Gasteiger partial charge in [0.1, 0.15) is 0 Å². The van der Waals surface area contributed by atoms with Crippen molar-refractivity contribution >= 4 is 34.5 Å². The molecule has 0 spiro atoms. The minimum absolute atomic E-state index is 0.669. The van der Waals surface area contributed by atoms with Crippen molar-refractivity contribution in [2.45, 2.75) is 13.1 Å². The van der Waals surface area contributed by atoms with Crippen LogP contribution in [0.2, 0.25) is 10.0 Å². The van der Waals surface area contributed by atoms with Gasteiger partial charge in [-0.15, -0.1) is 11.3 Å². The normalized spacial score (nSPS) is 10.6. The van der Waals surface area contributed by atoms with Crippen LogP contribution >= 0.6 is 34.5 Å². The molecule has 0 unspecified atom stereocenters. The molecule has 2 nitrogen and oxygen atoms in total. The zero-order valence-electron chi connectivity index (χ0n) is 8.41. The van der Waals surface area contributed by atoms with Gasteiger partial charge in [-0.2, -0.15) is 0 Å². The van der Waals surface area contributed by atoms with Crippen molar-refractivity contribution in [3.63, 3.8) is 0 Å². The topological polar surface area (TPSA) is 24.9 Å². The number of aromatic nitrogens is 1. The summed E-state index contributed by atoms with van der Waals surface area (Å²) in [5, 5.41) is 4.65. The van der Waals surface area contributed by atoms with E-state index < -0.39 is 0 Å². The predicted molar refractivity (Wildman–Crippen MR) is 69.1 cm³/mol. The Labute approximate surface area is 108 Å². The number of nitrogens with one attached hydrogen (secondary N) is 1. The molecule has 0 fully saturated rings. The van der Waals surface area contributed by atoms with Gasteiger partial charge >= 0.3 is 0 Å². The second-order valence-electron chi connectivity index (χ2n) is 3.35. The molecule has 0 bridgehead atoms. The lowest BCUT2D eigenvalue weighted by Crippen LogP contribution is -2.11. The SMILES string of the molecule is Clc1cc(Cl)cc(CNCc2cncs2)c1. The highest BCUT2D eigenvalue weighted by Gasteiger charge is 1.99. The van der Waals surface area contributed by atoms with E-state index in [-0.39, 0.29) is 0 Å². The molecule has 0 atom stereocenters. The fourth-order valence-electron chi connectivity index (χ4n) is 1.37. The highest BCUT2D eigenvalue weighted by Crippen LogP contribution is 2.19. The third-order valence-electron chi connectivity index (χ3n) is 2.03. The molecule has 16 heavy (non-hydrogen) atoms. The van der Waals surface area contributed by atoms with Gasteiger partial charge in [-0.05, 0) is 23.8 Å². The van der Waals surface area contributed by atoms with Crippen molar-refractivity contribution in [1.29, 1.82) is 0 Å². The molecule has 1 aromatic carbocycles. The third kappa shape index (κ3) is 3.46. The van der Waals surface area contributed by atoms with Crippen molar-refractivity contribution in [2.75, 3.05) is 0 Å². The number of nitrogens with zero attached hydrogens (tertiary/aromatic N) is 1. The number of benzene rings is 1. The van der Waals surface area contributed by atoms with E-state index in [1.807, 2.05) is 23.8 Å². The zero-order valence-corrected chi connectivity index (χ0v) is 10.7. The first-order chi connectivity index (χ1) is 7.74. The Morgan fingerprint density at radius 1 is 1.12 bits per heavy atom. The van der Waals surface area contributed by atoms with Crippen molar-refractivity contribution in [2.24, 2.45) is 0 Å². The molecule has 84 valence electrons. The lowest BCUT2D eigenvalue weighted by molar-refractivity contribution is 0.700. The number of rotatable bonds is 4. The van der Waals surface area contributed by atoms with Gasteiger partial charge in [0.15, 0.2) is 0 Å². The van der Waals surface area contributed by atoms with Gasteiger partial charge in [0.05, 0.1) is 5.51 Å². The predicted octanol–water partition coefficient (Wildman–Crippen LogP) is 3.74. The standard InChI is InChI=1S/C11H10Cl2N2S/c12-9-1-8(2-10(13)3-9)4-14-5-11-6-15-7-16-11/h1-3,6-7,14H,4-5H2. The molecule has 0 saturated heterocycles. The highest BCUT2D eigenvalue weighted by atomic mass is 35.5. The molecular formula is C11H10Cl2N2S. The Kier molecular flexibility index (Phi) is 4.18. The van der Waals surface area contributed by atoms with Gasteiger partial charge < -0.3 is 5.32 Å². The van der Waals surface area contributed by atoms with Gasteiger partial charge in [0.2, 0.25) is 0 Å². The molecule has 0 radical (unpaired) electrons. The van der Waals surface area contributed by atoms with E-state index in [0.717, 1.165) is 18.7 Å². The Morgan fingerprint density at radius 3 is 2.50 bits per heavy atom. The van der Waals surface area contributed by atoms with Crippen LogP contribution in [-0.2, 0) is 13.1 Å². The van der Waals surface area contributed by atoms with E-state index in [9.17, 15) is 0 Å². The van der Waals surface area contributed by atoms with Gasteiger partial charge in [-0.3, -0.25) is 4.98 Å². The maximum absolute atomic E-state index is 5.91. The molecule has 0 amide bonds. The smallest absolute Gasteiger partial charge is 0.0794 e. The maximum atomic E-state index is 5.91. The van der Waals surface area contributed by atoms with Crippen molar-refractivity contribution < 1.29 is 0 Å². The lowest BCUT2D eigenvalue weighted by atomic mass is 10.2. The molecule has 0 saturated carbocycles. The summed E-state index contributed by atoms with van der Waals surface area (Å²) >= 11 is 13.5. The van der Waals surface area contributed by atoms with Gasteiger partial charge in [-0.25, -0.2) is 0 Å². The summed E-state index contributed by atoms with van der Waals surface area (Å²) in [7, 11) is 0. The first-order valence-corrected chi connectivity index (χ1v) is 6.40. The van der Waals surface area contributed by atoms with E-state index in [2.05, 4.69) is 10.3 Å². The Bertz CT molecular complexity index is 437. The second kappa shape index (κ2) is 5.64. The largest absolute Gasteiger partial charge is 0.308 e. The van der Waals surface area contributed by atoms with Crippen LogP contribution in [-0.4, -0.2) is 4.98 Å². The quantitative estimate of drug-likeness (QED) is 0.917. The van der Waals surface area contributed by atoms with E-state index in [4.69, 9.17) is 23.2 Å². The summed E-state index contributed by atoms with van der Waals surface area (Å²) in [4.78, 5) is 5.23. The van der Waals surface area contributed by atoms with E-state index in [0.29, 0.717) is 10.0 Å². The van der Waals surface area contributed by atoms with Gasteiger partial charge in [0.25, 0.3) is 0 Å². The van der Waals surface area contributed by atoms with Crippen molar-refractivity contribution in [3.05, 3.63) is 50.4 Å². The fourth-order valence-corrected chi connectivity index (χ4v) is 2.51. The average Bonchev–Trinajstić information content (AvgIpc) is 2.69. The summed E-state index contributed by atoms with van der Waals surface area (Å²) in [6.07, 6.45) is 1.86. The summed E-state index contributed by atoms with van der Waals surface area (Å²) in [5.74, 6) is 0. The van der Waals surface area contributed by atoms with Crippen molar-refractivity contribution in [3.8, 4) is 0 Å². The summed E-state index contributed by atoms with van der Waals surface area (Å²) in [5.41, 5.74) is 2.91. The van der Waals surface area contributed by atoms with E-state index in [1.54, 1.807) is 17.4 Å². The molecule has 5 heteroatoms. The lowest BCUT2D eigenvalue weighted by Gasteiger charge is -2.04. The third-order valence-corrected chi connectivity index (χ3v) is 3.25. The number of halogens is 2. The summed E-state index contributed by atoms with van der Waals surface area (Å²) < 4.78 is 0. The van der Waals surface area contributed by atoms with Gasteiger partial charge in [0, 0.05) is 34.2 Å². The molecular weight excluding hydrogens is 263 g/mol. The molecule has 1 aromatic heterocycles. The number of hydrogen-bond acceptors (Lipinski definition) is 3. The Balaban J connectivity index is 1.89. The maximum Gasteiger partial charge on any atom is 0.0794 e. The monoisotopic (exact) mass is 272 g/mol. The van der Waals surface area contributed by atoms with Gasteiger partial charge in [-0.1, -0.05) is 23.2 Å². The van der Waals surface area contributed by atoms with Crippen LogP contribution in [0, 0.1) is 0 Å². The van der Waals surface area contributed by atoms with E-state index in [1.165, 1.54) is 4.88 Å². The van der Waals surface area contributed by atoms with Crippen LogP contribution in [0.15, 0.2) is 29.9 Å². The molecule has 0 aliphatic carbocycles. The minimum Gasteiger partial charge on any atom is -0.308 e. The van der Waals surface area contributed by atoms with Crippen LogP contribution in [0.4, 0.5) is 0 Å². The number of hydrogen-bond donors (Lipinski definition) is 1. The molecule has 1 N–H and O–H groups in total. The van der Waals surface area contributed by atoms with Crippen LogP contribution in [0.1, 0.15) is 10.4 Å². The summed E-state index contributed by atoms with van der Waals surface area (Å²) in [6, 6.07) is 5.55. The first-order valence-electron chi connectivity index (χ1n) is 4.77. The zero-order chi connectivity index (χ0) is 11.4. The molecule has 2 rings (SSSR count). The average molecular weight is 273 g/mol. The molecule has 2 aromatic rings. The fraction of sp³-hybridized carbons (Fsp3) is 0.182. The molecule has 0 aliphatic rings. The molecule has 1 heterocycles. The van der Waals surface area contributed by atoms with Crippen molar-refractivity contribution in [1.82, 2.24) is 10.3 Å². The Hall–Kier alpha value is -0.610.